The van der Waals surface area contributed by atoms with Gasteiger partial charge in [0.1, 0.15) is 12.1 Å². The topological polar surface area (TPSA) is 38.7 Å². The lowest BCUT2D eigenvalue weighted by Crippen LogP contribution is -2.52. The fourth-order valence-electron chi connectivity index (χ4n) is 6.08. The maximum Gasteiger partial charge on any atom is 0.135 e. The number of aromatic nitrogens is 2. The summed E-state index contributed by atoms with van der Waals surface area (Å²) < 4.78 is 0. The molecule has 4 aliphatic rings. The van der Waals surface area contributed by atoms with Gasteiger partial charge in [0.25, 0.3) is 0 Å². The van der Waals surface area contributed by atoms with Crippen LogP contribution < -0.4 is 9.80 Å². The van der Waals surface area contributed by atoms with Gasteiger partial charge in [-0.05, 0) is 49.8 Å². The van der Waals surface area contributed by atoms with Gasteiger partial charge in [-0.15, -0.1) is 0 Å². The summed E-state index contributed by atoms with van der Waals surface area (Å²) in [5, 5.41) is 0. The maximum absolute atomic E-state index is 4.79. The summed E-state index contributed by atoms with van der Waals surface area (Å²) in [6.07, 6.45) is 10.8. The molecule has 0 spiro atoms. The first-order valence-electron chi connectivity index (χ1n) is 13.2. The number of anilines is 2. The van der Waals surface area contributed by atoms with E-state index in [2.05, 4.69) is 43.9 Å². The Morgan fingerprint density at radius 2 is 1.48 bits per heavy atom. The largest absolute Gasteiger partial charge is 0.372 e. The van der Waals surface area contributed by atoms with E-state index >= 15 is 0 Å². The predicted molar refractivity (Wildman–Crippen MR) is 134 cm³/mol. The SMILES string of the molecule is c1nc2c(c(N3CCN(C4CCC4)CC3)n1)CCN(Cc1ccc(N3CCCC3)cc1)CC2. The molecule has 0 unspecified atom stereocenters. The number of piperazine rings is 1. The second kappa shape index (κ2) is 9.59. The first-order valence-corrected chi connectivity index (χ1v) is 13.2. The average Bonchev–Trinajstić information content (AvgIpc) is 3.28. The Labute approximate surface area is 198 Å². The van der Waals surface area contributed by atoms with Crippen LogP contribution in [0.1, 0.15) is 48.9 Å². The van der Waals surface area contributed by atoms with Gasteiger partial charge in [-0.25, -0.2) is 9.97 Å². The quantitative estimate of drug-likeness (QED) is 0.701. The first-order chi connectivity index (χ1) is 16.3. The van der Waals surface area contributed by atoms with Gasteiger partial charge in [-0.3, -0.25) is 9.80 Å². The van der Waals surface area contributed by atoms with Crippen LogP contribution in [-0.2, 0) is 19.4 Å². The smallest absolute Gasteiger partial charge is 0.135 e. The third-order valence-corrected chi connectivity index (χ3v) is 8.37. The van der Waals surface area contributed by atoms with Gasteiger partial charge in [0, 0.05) is 82.6 Å². The van der Waals surface area contributed by atoms with Gasteiger partial charge in [-0.1, -0.05) is 18.6 Å². The van der Waals surface area contributed by atoms with E-state index < -0.39 is 0 Å². The second-order valence-corrected chi connectivity index (χ2v) is 10.4. The first kappa shape index (κ1) is 21.4. The Hall–Kier alpha value is -2.18. The molecule has 33 heavy (non-hydrogen) atoms. The van der Waals surface area contributed by atoms with Crippen LogP contribution in [0.3, 0.4) is 0 Å². The van der Waals surface area contributed by atoms with E-state index in [4.69, 9.17) is 9.97 Å². The van der Waals surface area contributed by atoms with Crippen molar-refractivity contribution >= 4 is 11.5 Å². The second-order valence-electron chi connectivity index (χ2n) is 10.4. The molecule has 4 heterocycles. The Kier molecular flexibility index (Phi) is 6.21. The van der Waals surface area contributed by atoms with Crippen LogP contribution >= 0.6 is 0 Å². The van der Waals surface area contributed by atoms with Crippen molar-refractivity contribution < 1.29 is 0 Å². The summed E-state index contributed by atoms with van der Waals surface area (Å²) in [5.74, 6) is 1.21. The maximum atomic E-state index is 4.79. The van der Waals surface area contributed by atoms with Gasteiger partial charge in [0.2, 0.25) is 0 Å². The van der Waals surface area contributed by atoms with E-state index in [0.717, 1.165) is 51.6 Å². The molecule has 2 saturated heterocycles. The van der Waals surface area contributed by atoms with E-state index in [1.807, 2.05) is 0 Å². The Bertz CT molecular complexity index is 926. The third-order valence-electron chi connectivity index (χ3n) is 8.37. The molecule has 0 radical (unpaired) electrons. The molecule has 1 aliphatic carbocycles. The van der Waals surface area contributed by atoms with Crippen LogP contribution in [0.25, 0.3) is 0 Å². The fraction of sp³-hybridized carbons (Fsp3) is 0.630. The van der Waals surface area contributed by atoms with Crippen molar-refractivity contribution in [2.75, 3.05) is 62.2 Å². The lowest BCUT2D eigenvalue weighted by molar-refractivity contribution is 0.120. The van der Waals surface area contributed by atoms with Crippen molar-refractivity contribution in [2.24, 2.45) is 0 Å². The Morgan fingerprint density at radius 3 is 2.21 bits per heavy atom. The number of benzene rings is 1. The zero-order chi connectivity index (χ0) is 22.0. The molecule has 3 fully saturated rings. The van der Waals surface area contributed by atoms with Crippen molar-refractivity contribution in [3.63, 3.8) is 0 Å². The van der Waals surface area contributed by atoms with E-state index in [1.54, 1.807) is 6.33 Å². The van der Waals surface area contributed by atoms with Crippen LogP contribution in [-0.4, -0.2) is 78.2 Å². The normalized spacial score (nSPS) is 22.8. The molecule has 6 nitrogen and oxygen atoms in total. The molecular formula is C27H38N6. The number of rotatable bonds is 5. The molecule has 0 N–H and O–H groups in total. The lowest BCUT2D eigenvalue weighted by Gasteiger charge is -2.43. The highest BCUT2D eigenvalue weighted by Crippen LogP contribution is 2.29. The summed E-state index contributed by atoms with van der Waals surface area (Å²) in [6, 6.07) is 10.2. The summed E-state index contributed by atoms with van der Waals surface area (Å²) in [7, 11) is 0. The number of hydrogen-bond donors (Lipinski definition) is 0. The molecule has 0 atom stereocenters. The predicted octanol–water partition coefficient (Wildman–Crippen LogP) is 3.35. The van der Waals surface area contributed by atoms with E-state index in [9.17, 15) is 0 Å². The molecule has 2 aromatic rings. The highest BCUT2D eigenvalue weighted by molar-refractivity contribution is 5.50. The van der Waals surface area contributed by atoms with Crippen LogP contribution in [0.5, 0.6) is 0 Å². The lowest BCUT2D eigenvalue weighted by atomic mass is 9.91. The zero-order valence-electron chi connectivity index (χ0n) is 20.0. The van der Waals surface area contributed by atoms with E-state index in [1.165, 1.54) is 86.6 Å². The average molecular weight is 447 g/mol. The molecule has 176 valence electrons. The van der Waals surface area contributed by atoms with Gasteiger partial charge in [0.15, 0.2) is 0 Å². The summed E-state index contributed by atoms with van der Waals surface area (Å²) >= 11 is 0. The molecule has 1 aromatic carbocycles. The minimum atomic E-state index is 0.854. The molecule has 6 heteroatoms. The minimum Gasteiger partial charge on any atom is -0.372 e. The molecule has 6 rings (SSSR count). The molecule has 3 aliphatic heterocycles. The standard InChI is InChI=1S/C27H38N6/c1-2-13-31(12-1)24-8-6-22(7-9-24)20-30-14-10-25-26(11-15-30)28-21-29-27(25)33-18-16-32(17-19-33)23-4-3-5-23/h6-9,21,23H,1-5,10-20H2. The highest BCUT2D eigenvalue weighted by atomic mass is 15.3. The molecule has 1 saturated carbocycles. The summed E-state index contributed by atoms with van der Waals surface area (Å²) in [5.41, 5.74) is 5.48. The van der Waals surface area contributed by atoms with Crippen molar-refractivity contribution in [3.05, 3.63) is 47.4 Å². The number of hydrogen-bond acceptors (Lipinski definition) is 6. The van der Waals surface area contributed by atoms with Crippen molar-refractivity contribution in [1.29, 1.82) is 0 Å². The van der Waals surface area contributed by atoms with Crippen LogP contribution in [0.15, 0.2) is 30.6 Å². The van der Waals surface area contributed by atoms with Crippen molar-refractivity contribution in [3.8, 4) is 0 Å². The number of fused-ring (bicyclic) bond motifs is 1. The van der Waals surface area contributed by atoms with Gasteiger partial charge in [-0.2, -0.15) is 0 Å². The van der Waals surface area contributed by atoms with Crippen molar-refractivity contribution in [1.82, 2.24) is 19.8 Å². The number of nitrogens with zero attached hydrogens (tertiary/aromatic N) is 6. The fourth-order valence-corrected chi connectivity index (χ4v) is 6.08. The Morgan fingerprint density at radius 1 is 0.727 bits per heavy atom. The summed E-state index contributed by atoms with van der Waals surface area (Å²) in [6.45, 7) is 10.2. The molecule has 0 bridgehead atoms. The Balaban J connectivity index is 1.08. The zero-order valence-corrected chi connectivity index (χ0v) is 20.0. The molecule has 1 aromatic heterocycles. The summed E-state index contributed by atoms with van der Waals surface area (Å²) in [4.78, 5) is 19.9. The molecule has 0 amide bonds. The minimum absolute atomic E-state index is 0.854. The highest BCUT2D eigenvalue weighted by Gasteiger charge is 2.30. The van der Waals surface area contributed by atoms with Crippen molar-refractivity contribution in [2.45, 2.75) is 57.5 Å². The van der Waals surface area contributed by atoms with Crippen LogP contribution in [0, 0.1) is 0 Å². The van der Waals surface area contributed by atoms with Gasteiger partial charge < -0.3 is 9.80 Å². The van der Waals surface area contributed by atoms with Gasteiger partial charge in [0.05, 0.1) is 5.69 Å². The van der Waals surface area contributed by atoms with E-state index in [0.29, 0.717) is 0 Å². The van der Waals surface area contributed by atoms with E-state index in [-0.39, 0.29) is 0 Å². The van der Waals surface area contributed by atoms with Crippen LogP contribution in [0.4, 0.5) is 11.5 Å². The van der Waals surface area contributed by atoms with Crippen LogP contribution in [0.2, 0.25) is 0 Å². The third kappa shape index (κ3) is 4.60. The van der Waals surface area contributed by atoms with Gasteiger partial charge >= 0.3 is 0 Å². The monoisotopic (exact) mass is 446 g/mol. The molecular weight excluding hydrogens is 408 g/mol.